The second-order valence-corrected chi connectivity index (χ2v) is 6.33. The van der Waals surface area contributed by atoms with Crippen LogP contribution in [0.5, 0.6) is 5.75 Å². The molecule has 1 aliphatic heterocycles. The summed E-state index contributed by atoms with van der Waals surface area (Å²) in [6.45, 7) is 1.22. The van der Waals surface area contributed by atoms with Gasteiger partial charge in [0, 0.05) is 17.9 Å². The number of carbonyl (C=O) groups excluding carboxylic acids is 1. The van der Waals surface area contributed by atoms with Crippen LogP contribution in [0.4, 0.5) is 5.69 Å². The summed E-state index contributed by atoms with van der Waals surface area (Å²) in [5, 5.41) is 11.7. The van der Waals surface area contributed by atoms with Gasteiger partial charge >= 0.3 is 5.97 Å². The van der Waals surface area contributed by atoms with Crippen molar-refractivity contribution in [1.82, 2.24) is 0 Å². The van der Waals surface area contributed by atoms with Crippen molar-refractivity contribution < 1.29 is 24.2 Å². The Kier molecular flexibility index (Phi) is 5.75. The van der Waals surface area contributed by atoms with E-state index in [0.29, 0.717) is 23.6 Å². The maximum Gasteiger partial charge on any atom is 0.337 e. The van der Waals surface area contributed by atoms with E-state index in [0.717, 1.165) is 19.4 Å². The molecule has 1 fully saturated rings. The highest BCUT2D eigenvalue weighted by atomic mass is 35.5. The quantitative estimate of drug-likeness (QED) is 0.801. The first-order valence-electron chi connectivity index (χ1n) is 8.21. The number of aromatic carboxylic acids is 1. The van der Waals surface area contributed by atoms with Gasteiger partial charge in [-0.2, -0.15) is 0 Å². The van der Waals surface area contributed by atoms with Crippen molar-refractivity contribution in [1.29, 1.82) is 0 Å². The lowest BCUT2D eigenvalue weighted by Gasteiger charge is -2.12. The first-order chi connectivity index (χ1) is 12.5. The van der Waals surface area contributed by atoms with Crippen molar-refractivity contribution in [3.63, 3.8) is 0 Å². The summed E-state index contributed by atoms with van der Waals surface area (Å²) in [6.07, 6.45) is 2.12. The molecule has 0 radical (unpaired) electrons. The zero-order valence-electron chi connectivity index (χ0n) is 13.9. The maximum absolute atomic E-state index is 12.4. The molecule has 6 nitrogen and oxygen atoms in total. The Labute approximate surface area is 155 Å². The third-order valence-electron chi connectivity index (χ3n) is 4.01. The van der Waals surface area contributed by atoms with Crippen molar-refractivity contribution >= 4 is 29.2 Å². The molecule has 7 heteroatoms. The minimum absolute atomic E-state index is 0.0193. The summed E-state index contributed by atoms with van der Waals surface area (Å²) in [5.41, 5.74) is 0.818. The van der Waals surface area contributed by atoms with Gasteiger partial charge in [0.2, 0.25) is 0 Å². The molecule has 2 aromatic carbocycles. The smallest absolute Gasteiger partial charge is 0.337 e. The average Bonchev–Trinajstić information content (AvgIpc) is 3.13. The summed E-state index contributed by atoms with van der Waals surface area (Å²) in [7, 11) is 0. The summed E-state index contributed by atoms with van der Waals surface area (Å²) >= 11 is 5.92. The second kappa shape index (κ2) is 8.21. The molecule has 2 N–H and O–H groups in total. The number of amides is 1. The fourth-order valence-corrected chi connectivity index (χ4v) is 2.92. The van der Waals surface area contributed by atoms with Crippen LogP contribution in [0.25, 0.3) is 0 Å². The molecule has 0 aromatic heterocycles. The number of benzene rings is 2. The third kappa shape index (κ3) is 4.53. The van der Waals surface area contributed by atoms with E-state index in [2.05, 4.69) is 5.32 Å². The zero-order valence-corrected chi connectivity index (χ0v) is 14.7. The van der Waals surface area contributed by atoms with Gasteiger partial charge in [0.15, 0.2) is 0 Å². The van der Waals surface area contributed by atoms with Gasteiger partial charge in [-0.3, -0.25) is 4.79 Å². The number of hydrogen-bond donors (Lipinski definition) is 2. The van der Waals surface area contributed by atoms with E-state index in [1.165, 1.54) is 18.2 Å². The van der Waals surface area contributed by atoms with Gasteiger partial charge < -0.3 is 19.9 Å². The fraction of sp³-hybridized carbons (Fsp3) is 0.263. The number of hydrogen-bond acceptors (Lipinski definition) is 4. The van der Waals surface area contributed by atoms with Gasteiger partial charge in [-0.05, 0) is 49.2 Å². The van der Waals surface area contributed by atoms with Gasteiger partial charge in [-0.25, -0.2) is 4.79 Å². The Hall–Kier alpha value is -2.57. The number of ether oxygens (including phenoxy) is 2. The van der Waals surface area contributed by atoms with Crippen LogP contribution in [0.2, 0.25) is 5.02 Å². The predicted octanol–water partition coefficient (Wildman–Crippen LogP) is 3.85. The first kappa shape index (κ1) is 18.2. The molecule has 1 saturated heterocycles. The Bertz CT molecular complexity index is 817. The lowest BCUT2D eigenvalue weighted by Crippen LogP contribution is -2.17. The number of carboxylic acids is 1. The van der Waals surface area contributed by atoms with E-state index in [1.807, 2.05) is 0 Å². The Morgan fingerprint density at radius 1 is 1.27 bits per heavy atom. The van der Waals surface area contributed by atoms with Gasteiger partial charge in [-0.1, -0.05) is 17.7 Å². The topological polar surface area (TPSA) is 84.9 Å². The van der Waals surface area contributed by atoms with E-state index in [4.69, 9.17) is 26.2 Å². The molecule has 1 heterocycles. The van der Waals surface area contributed by atoms with E-state index in [9.17, 15) is 9.59 Å². The van der Waals surface area contributed by atoms with Crippen LogP contribution in [-0.4, -0.2) is 36.3 Å². The zero-order chi connectivity index (χ0) is 18.5. The largest absolute Gasteiger partial charge is 0.491 e. The highest BCUT2D eigenvalue weighted by molar-refractivity contribution is 6.33. The molecule has 0 aliphatic carbocycles. The molecule has 1 amide bonds. The minimum atomic E-state index is -1.12. The molecule has 1 unspecified atom stereocenters. The number of halogens is 1. The molecule has 1 atom stereocenters. The Balaban J connectivity index is 1.65. The van der Waals surface area contributed by atoms with Crippen LogP contribution >= 0.6 is 11.6 Å². The Morgan fingerprint density at radius 2 is 2.12 bits per heavy atom. The minimum Gasteiger partial charge on any atom is -0.491 e. The highest BCUT2D eigenvalue weighted by Crippen LogP contribution is 2.22. The lowest BCUT2D eigenvalue weighted by atomic mass is 10.1. The summed E-state index contributed by atoms with van der Waals surface area (Å²) in [4.78, 5) is 23.4. The van der Waals surface area contributed by atoms with Crippen LogP contribution in [0, 0.1) is 0 Å². The third-order valence-corrected chi connectivity index (χ3v) is 4.33. The monoisotopic (exact) mass is 375 g/mol. The lowest BCUT2D eigenvalue weighted by molar-refractivity contribution is 0.0679. The van der Waals surface area contributed by atoms with Gasteiger partial charge in [0.05, 0.1) is 16.7 Å². The van der Waals surface area contributed by atoms with E-state index in [-0.39, 0.29) is 22.6 Å². The Morgan fingerprint density at radius 3 is 2.81 bits per heavy atom. The van der Waals surface area contributed by atoms with Gasteiger partial charge in [0.25, 0.3) is 5.91 Å². The van der Waals surface area contributed by atoms with Crippen molar-refractivity contribution in [2.75, 3.05) is 18.5 Å². The van der Waals surface area contributed by atoms with Crippen molar-refractivity contribution in [3.8, 4) is 5.75 Å². The summed E-state index contributed by atoms with van der Waals surface area (Å²) in [5.74, 6) is -0.872. The molecular weight excluding hydrogens is 358 g/mol. The SMILES string of the molecule is O=C(Nc1ccc(C(=O)O)c(Cl)c1)c1cccc(OCC2CCCO2)c1. The van der Waals surface area contributed by atoms with E-state index in [1.54, 1.807) is 24.3 Å². The van der Waals surface area contributed by atoms with Crippen molar-refractivity contribution in [2.45, 2.75) is 18.9 Å². The first-order valence-corrected chi connectivity index (χ1v) is 8.59. The number of rotatable bonds is 6. The fourth-order valence-electron chi connectivity index (χ4n) is 2.66. The van der Waals surface area contributed by atoms with Crippen LogP contribution in [-0.2, 0) is 4.74 Å². The van der Waals surface area contributed by atoms with E-state index < -0.39 is 5.97 Å². The highest BCUT2D eigenvalue weighted by Gasteiger charge is 2.16. The number of carbonyl (C=O) groups is 2. The number of anilines is 1. The normalized spacial score (nSPS) is 16.3. The van der Waals surface area contributed by atoms with Crippen LogP contribution < -0.4 is 10.1 Å². The molecule has 26 heavy (non-hydrogen) atoms. The molecule has 2 aromatic rings. The molecule has 3 rings (SSSR count). The summed E-state index contributed by atoms with van der Waals surface area (Å²) in [6, 6.07) is 11.1. The molecule has 136 valence electrons. The van der Waals surface area contributed by atoms with Crippen LogP contribution in [0.3, 0.4) is 0 Å². The van der Waals surface area contributed by atoms with Crippen LogP contribution in [0.1, 0.15) is 33.6 Å². The molecule has 0 spiro atoms. The molecule has 0 bridgehead atoms. The summed E-state index contributed by atoms with van der Waals surface area (Å²) < 4.78 is 11.2. The standard InChI is InChI=1S/C19H18ClNO5/c20-17-10-13(6-7-16(17)19(23)24)21-18(22)12-3-1-4-14(9-12)26-11-15-5-2-8-25-15/h1,3-4,6-7,9-10,15H,2,5,8,11H2,(H,21,22)(H,23,24). The molecular formula is C19H18ClNO5. The second-order valence-electron chi connectivity index (χ2n) is 5.93. The van der Waals surface area contributed by atoms with E-state index >= 15 is 0 Å². The molecule has 0 saturated carbocycles. The van der Waals surface area contributed by atoms with Crippen molar-refractivity contribution in [2.24, 2.45) is 0 Å². The van der Waals surface area contributed by atoms with Crippen molar-refractivity contribution in [3.05, 3.63) is 58.6 Å². The predicted molar refractivity (Wildman–Crippen MR) is 97.3 cm³/mol. The maximum atomic E-state index is 12.4. The van der Waals surface area contributed by atoms with Crippen LogP contribution in [0.15, 0.2) is 42.5 Å². The number of nitrogens with one attached hydrogen (secondary N) is 1. The van der Waals surface area contributed by atoms with Gasteiger partial charge in [0.1, 0.15) is 12.4 Å². The average molecular weight is 376 g/mol. The van der Waals surface area contributed by atoms with Gasteiger partial charge in [-0.15, -0.1) is 0 Å². The molecule has 1 aliphatic rings. The number of carboxylic acid groups (broad SMARTS) is 1.